The number of ether oxygens (including phenoxy) is 1. The Kier molecular flexibility index (Phi) is 4.94. The van der Waals surface area contributed by atoms with Crippen LogP contribution in [0.1, 0.15) is 15.9 Å². The van der Waals surface area contributed by atoms with Gasteiger partial charge in [-0.05, 0) is 30.3 Å². The van der Waals surface area contributed by atoms with Gasteiger partial charge in [-0.1, -0.05) is 28.1 Å². The van der Waals surface area contributed by atoms with Crippen molar-refractivity contribution in [1.82, 2.24) is 5.43 Å². The van der Waals surface area contributed by atoms with E-state index in [4.69, 9.17) is 4.74 Å². The maximum Gasteiger partial charge on any atom is 0.275 e. The van der Waals surface area contributed by atoms with Crippen LogP contribution in [-0.2, 0) is 0 Å². The van der Waals surface area contributed by atoms with Crippen LogP contribution in [0.3, 0.4) is 0 Å². The number of nitrogens with one attached hydrogen (secondary N) is 1. The summed E-state index contributed by atoms with van der Waals surface area (Å²) in [4.78, 5) is 12.1. The molecule has 108 valence electrons. The molecule has 0 atom stereocenters. The van der Waals surface area contributed by atoms with Crippen LogP contribution in [0.2, 0.25) is 0 Å². The lowest BCUT2D eigenvalue weighted by molar-refractivity contribution is 0.0952. The lowest BCUT2D eigenvalue weighted by Crippen LogP contribution is -2.18. The van der Waals surface area contributed by atoms with Crippen molar-refractivity contribution in [3.63, 3.8) is 0 Å². The molecule has 2 aromatic rings. The highest BCUT2D eigenvalue weighted by atomic mass is 79.9. The summed E-state index contributed by atoms with van der Waals surface area (Å²) in [5.41, 5.74) is 3.27. The van der Waals surface area contributed by atoms with E-state index >= 15 is 0 Å². The van der Waals surface area contributed by atoms with Gasteiger partial charge >= 0.3 is 0 Å². The van der Waals surface area contributed by atoms with Gasteiger partial charge in [-0.15, -0.1) is 0 Å². The molecule has 0 spiro atoms. The van der Waals surface area contributed by atoms with Crippen molar-refractivity contribution in [2.24, 2.45) is 5.10 Å². The van der Waals surface area contributed by atoms with Crippen molar-refractivity contribution in [3.05, 3.63) is 58.1 Å². The van der Waals surface area contributed by atoms with E-state index in [1.54, 1.807) is 42.5 Å². The number of aromatic hydroxyl groups is 1. The van der Waals surface area contributed by atoms with E-state index in [1.165, 1.54) is 13.3 Å². The number of carbonyl (C=O) groups excluding carboxylic acids is 1. The molecular weight excluding hydrogens is 336 g/mol. The molecule has 6 heteroatoms. The zero-order valence-electron chi connectivity index (χ0n) is 11.2. The summed E-state index contributed by atoms with van der Waals surface area (Å²) >= 11 is 3.30. The number of hydrazone groups is 1. The number of para-hydroxylation sites is 1. The number of rotatable bonds is 4. The number of benzene rings is 2. The fraction of sp³-hybridized carbons (Fsp3) is 0.0667. The highest BCUT2D eigenvalue weighted by Gasteiger charge is 2.11. The van der Waals surface area contributed by atoms with Gasteiger partial charge in [-0.3, -0.25) is 4.79 Å². The van der Waals surface area contributed by atoms with E-state index in [1.807, 2.05) is 0 Å². The first-order valence-electron chi connectivity index (χ1n) is 6.06. The second-order valence-corrected chi connectivity index (χ2v) is 5.02. The van der Waals surface area contributed by atoms with Crippen LogP contribution in [0.25, 0.3) is 0 Å². The van der Waals surface area contributed by atoms with E-state index in [9.17, 15) is 9.90 Å². The predicted molar refractivity (Wildman–Crippen MR) is 83.9 cm³/mol. The molecule has 0 radical (unpaired) electrons. The fourth-order valence-electron chi connectivity index (χ4n) is 1.68. The number of methoxy groups -OCH3 is 1. The third-order valence-electron chi connectivity index (χ3n) is 2.71. The minimum Gasteiger partial charge on any atom is -0.507 e. The highest BCUT2D eigenvalue weighted by Crippen LogP contribution is 2.22. The first-order chi connectivity index (χ1) is 10.1. The Morgan fingerprint density at radius 3 is 2.81 bits per heavy atom. The molecule has 5 nitrogen and oxygen atoms in total. The second kappa shape index (κ2) is 6.90. The molecule has 0 aliphatic carbocycles. The molecule has 2 rings (SSSR count). The third kappa shape index (κ3) is 3.82. The molecule has 0 aromatic heterocycles. The van der Waals surface area contributed by atoms with Gasteiger partial charge in [-0.2, -0.15) is 5.10 Å². The summed E-state index contributed by atoms with van der Waals surface area (Å²) in [5, 5.41) is 13.4. The smallest absolute Gasteiger partial charge is 0.275 e. The van der Waals surface area contributed by atoms with Gasteiger partial charge in [0.2, 0.25) is 0 Å². The van der Waals surface area contributed by atoms with Crippen molar-refractivity contribution in [2.45, 2.75) is 0 Å². The predicted octanol–water partition coefficient (Wildman–Crippen LogP) is 2.93. The zero-order valence-corrected chi connectivity index (χ0v) is 12.8. The van der Waals surface area contributed by atoms with E-state index in [-0.39, 0.29) is 5.75 Å². The molecule has 2 aromatic carbocycles. The first-order valence-corrected chi connectivity index (χ1v) is 6.86. The molecule has 0 heterocycles. The average Bonchev–Trinajstić information content (AvgIpc) is 2.49. The number of halogens is 1. The van der Waals surface area contributed by atoms with Gasteiger partial charge in [0.1, 0.15) is 11.5 Å². The minimum atomic E-state index is -0.403. The Morgan fingerprint density at radius 2 is 2.10 bits per heavy atom. The molecule has 21 heavy (non-hydrogen) atoms. The standard InChI is InChI=1S/C15H13BrN2O3/c1-21-14-7-6-11(16)8-12(14)15(20)18-17-9-10-4-2-3-5-13(10)19/h2-9,19H,1H3,(H,18,20)/b17-9+. The van der Waals surface area contributed by atoms with Crippen molar-refractivity contribution >= 4 is 28.1 Å². The molecule has 0 aliphatic rings. The van der Waals surface area contributed by atoms with Crippen LogP contribution in [0.4, 0.5) is 0 Å². The Morgan fingerprint density at radius 1 is 1.33 bits per heavy atom. The van der Waals surface area contributed by atoms with E-state index in [0.29, 0.717) is 16.9 Å². The minimum absolute atomic E-state index is 0.0931. The number of hydrogen-bond donors (Lipinski definition) is 2. The first kappa shape index (κ1) is 15.1. The monoisotopic (exact) mass is 348 g/mol. The van der Waals surface area contributed by atoms with Crippen LogP contribution in [0, 0.1) is 0 Å². The second-order valence-electron chi connectivity index (χ2n) is 4.10. The molecule has 0 aliphatic heterocycles. The summed E-state index contributed by atoms with van der Waals surface area (Å²) in [5.74, 6) is 0.142. The van der Waals surface area contributed by atoms with Gasteiger partial charge in [0.15, 0.2) is 0 Å². The van der Waals surface area contributed by atoms with Crippen molar-refractivity contribution in [1.29, 1.82) is 0 Å². The molecule has 0 saturated carbocycles. The van der Waals surface area contributed by atoms with Crippen LogP contribution in [0.15, 0.2) is 52.0 Å². The van der Waals surface area contributed by atoms with Gasteiger partial charge in [0.25, 0.3) is 5.91 Å². The van der Waals surface area contributed by atoms with Gasteiger partial charge in [-0.25, -0.2) is 5.43 Å². The van der Waals surface area contributed by atoms with Crippen LogP contribution in [-0.4, -0.2) is 24.3 Å². The zero-order chi connectivity index (χ0) is 15.2. The Hall–Kier alpha value is -2.34. The Bertz CT molecular complexity index is 686. The normalized spacial score (nSPS) is 10.6. The molecule has 0 fully saturated rings. The third-order valence-corrected chi connectivity index (χ3v) is 3.21. The van der Waals surface area contributed by atoms with Gasteiger partial charge in [0.05, 0.1) is 18.9 Å². The maximum absolute atomic E-state index is 12.1. The summed E-state index contributed by atoms with van der Waals surface area (Å²) in [6, 6.07) is 11.8. The summed E-state index contributed by atoms with van der Waals surface area (Å²) in [6.45, 7) is 0. The summed E-state index contributed by atoms with van der Waals surface area (Å²) in [7, 11) is 1.49. The molecule has 0 bridgehead atoms. The number of hydrogen-bond acceptors (Lipinski definition) is 4. The van der Waals surface area contributed by atoms with E-state index in [0.717, 1.165) is 4.47 Å². The highest BCUT2D eigenvalue weighted by molar-refractivity contribution is 9.10. The van der Waals surface area contributed by atoms with E-state index in [2.05, 4.69) is 26.5 Å². The number of nitrogens with zero attached hydrogens (tertiary/aromatic N) is 1. The SMILES string of the molecule is COc1ccc(Br)cc1C(=O)N/N=C/c1ccccc1O. The quantitative estimate of drug-likeness (QED) is 0.659. The number of amides is 1. The number of carbonyl (C=O) groups is 1. The molecule has 1 amide bonds. The Labute approximate surface area is 130 Å². The Balaban J connectivity index is 2.12. The lowest BCUT2D eigenvalue weighted by Gasteiger charge is -2.07. The maximum atomic E-state index is 12.1. The summed E-state index contributed by atoms with van der Waals surface area (Å²) < 4.78 is 5.89. The summed E-state index contributed by atoms with van der Waals surface area (Å²) in [6.07, 6.45) is 1.37. The van der Waals surface area contributed by atoms with Crippen molar-refractivity contribution in [2.75, 3.05) is 7.11 Å². The largest absolute Gasteiger partial charge is 0.507 e. The van der Waals surface area contributed by atoms with Crippen molar-refractivity contribution in [3.8, 4) is 11.5 Å². The topological polar surface area (TPSA) is 70.9 Å². The number of phenolic OH excluding ortho intramolecular Hbond substituents is 1. The van der Waals surface area contributed by atoms with Crippen LogP contribution >= 0.6 is 15.9 Å². The molecular formula is C15H13BrN2O3. The fourth-order valence-corrected chi connectivity index (χ4v) is 2.04. The molecule has 0 unspecified atom stereocenters. The van der Waals surface area contributed by atoms with E-state index < -0.39 is 5.91 Å². The lowest BCUT2D eigenvalue weighted by atomic mass is 10.2. The molecule has 0 saturated heterocycles. The van der Waals surface area contributed by atoms with Gasteiger partial charge < -0.3 is 9.84 Å². The van der Waals surface area contributed by atoms with Crippen LogP contribution in [0.5, 0.6) is 11.5 Å². The molecule has 2 N–H and O–H groups in total. The average molecular weight is 349 g/mol. The number of phenols is 1. The van der Waals surface area contributed by atoms with Gasteiger partial charge in [0, 0.05) is 10.0 Å². The van der Waals surface area contributed by atoms with Crippen LogP contribution < -0.4 is 10.2 Å². The van der Waals surface area contributed by atoms with Crippen molar-refractivity contribution < 1.29 is 14.6 Å².